The number of nitrogens with one attached hydrogen (secondary N) is 2. The Morgan fingerprint density at radius 2 is 1.71 bits per heavy atom. The summed E-state index contributed by atoms with van der Waals surface area (Å²) in [6.07, 6.45) is 1.50. The Morgan fingerprint density at radius 1 is 0.974 bits per heavy atom. The summed E-state index contributed by atoms with van der Waals surface area (Å²) in [5, 5.41) is 3.47. The van der Waals surface area contributed by atoms with E-state index in [0.717, 1.165) is 19.6 Å². The van der Waals surface area contributed by atoms with E-state index in [9.17, 15) is 19.2 Å². The number of amides is 3. The molecule has 38 heavy (non-hydrogen) atoms. The number of piperazine rings is 1. The predicted octanol–water partition coefficient (Wildman–Crippen LogP) is 2.80. The van der Waals surface area contributed by atoms with Gasteiger partial charge >= 0.3 is 0 Å². The fourth-order valence-corrected chi connectivity index (χ4v) is 4.95. The van der Waals surface area contributed by atoms with Crippen molar-refractivity contribution in [3.8, 4) is 0 Å². The summed E-state index contributed by atoms with van der Waals surface area (Å²) in [6.45, 7) is 10.0. The van der Waals surface area contributed by atoms with Gasteiger partial charge in [0.05, 0.1) is 16.6 Å². The zero-order valence-corrected chi connectivity index (χ0v) is 22.2. The quantitative estimate of drug-likeness (QED) is 0.335. The third-order valence-corrected chi connectivity index (χ3v) is 7.20. The molecule has 1 atom stereocenters. The Hall–Kier alpha value is -3.98. The SMILES string of the molecule is CCN(CC)CCNC(=O)c1cccc2c(C(=O)C(=O)N3CCN(C(=O)c4ccccc4)CC3C)c[nH]c12. The van der Waals surface area contributed by atoms with Crippen LogP contribution < -0.4 is 5.32 Å². The number of hydrogen-bond acceptors (Lipinski definition) is 5. The third kappa shape index (κ3) is 5.62. The first-order valence-electron chi connectivity index (χ1n) is 13.2. The number of carbonyl (C=O) groups is 4. The zero-order chi connectivity index (χ0) is 27.2. The molecule has 0 saturated carbocycles. The molecule has 0 aliphatic carbocycles. The van der Waals surface area contributed by atoms with E-state index in [0.29, 0.717) is 41.7 Å². The first-order chi connectivity index (χ1) is 18.3. The van der Waals surface area contributed by atoms with E-state index in [-0.39, 0.29) is 30.0 Å². The molecule has 1 unspecified atom stereocenters. The number of Topliss-reactive ketones (excluding diaryl/α,β-unsaturated/α-hetero) is 1. The van der Waals surface area contributed by atoms with Gasteiger partial charge in [-0.2, -0.15) is 0 Å². The molecule has 1 aromatic heterocycles. The van der Waals surface area contributed by atoms with Gasteiger partial charge in [-0.05, 0) is 38.2 Å². The number of aromatic amines is 1. The van der Waals surface area contributed by atoms with Crippen LogP contribution in [0.3, 0.4) is 0 Å². The molecule has 3 aromatic rings. The number of fused-ring (bicyclic) bond motifs is 1. The van der Waals surface area contributed by atoms with E-state index in [4.69, 9.17) is 0 Å². The van der Waals surface area contributed by atoms with Gasteiger partial charge in [0.1, 0.15) is 0 Å². The summed E-state index contributed by atoms with van der Waals surface area (Å²) >= 11 is 0. The lowest BCUT2D eigenvalue weighted by Gasteiger charge is -2.39. The fraction of sp³-hybridized carbons (Fsp3) is 0.379. The molecule has 4 rings (SSSR count). The third-order valence-electron chi connectivity index (χ3n) is 7.20. The molecule has 0 spiro atoms. The van der Waals surface area contributed by atoms with Crippen LogP contribution in [0, 0.1) is 0 Å². The Bertz CT molecular complexity index is 1320. The first-order valence-corrected chi connectivity index (χ1v) is 13.2. The van der Waals surface area contributed by atoms with Crippen LogP contribution in [0.2, 0.25) is 0 Å². The molecule has 2 aromatic carbocycles. The average Bonchev–Trinajstić information content (AvgIpc) is 3.39. The first kappa shape index (κ1) is 27.1. The molecular formula is C29H35N5O4. The maximum Gasteiger partial charge on any atom is 0.295 e. The number of carbonyl (C=O) groups excluding carboxylic acids is 4. The van der Waals surface area contributed by atoms with Crippen LogP contribution in [-0.2, 0) is 4.79 Å². The Labute approximate surface area is 222 Å². The van der Waals surface area contributed by atoms with E-state index >= 15 is 0 Å². The van der Waals surface area contributed by atoms with Crippen molar-refractivity contribution in [1.82, 2.24) is 25.0 Å². The van der Waals surface area contributed by atoms with E-state index in [1.807, 2.05) is 25.1 Å². The van der Waals surface area contributed by atoms with Crippen molar-refractivity contribution in [2.45, 2.75) is 26.8 Å². The van der Waals surface area contributed by atoms with E-state index in [2.05, 4.69) is 29.0 Å². The summed E-state index contributed by atoms with van der Waals surface area (Å²) in [5.41, 5.74) is 1.78. The van der Waals surface area contributed by atoms with Crippen molar-refractivity contribution in [2.24, 2.45) is 0 Å². The summed E-state index contributed by atoms with van der Waals surface area (Å²) in [7, 11) is 0. The van der Waals surface area contributed by atoms with Crippen molar-refractivity contribution >= 4 is 34.4 Å². The normalized spacial score (nSPS) is 15.6. The molecule has 2 N–H and O–H groups in total. The molecule has 9 heteroatoms. The van der Waals surface area contributed by atoms with Gasteiger partial charge in [-0.25, -0.2) is 0 Å². The minimum Gasteiger partial charge on any atom is -0.360 e. The lowest BCUT2D eigenvalue weighted by atomic mass is 10.0. The Kier molecular flexibility index (Phi) is 8.58. The molecule has 200 valence electrons. The number of hydrogen-bond donors (Lipinski definition) is 2. The highest BCUT2D eigenvalue weighted by Crippen LogP contribution is 2.24. The molecule has 2 heterocycles. The van der Waals surface area contributed by atoms with Gasteiger partial charge in [-0.3, -0.25) is 19.2 Å². The molecule has 9 nitrogen and oxygen atoms in total. The predicted molar refractivity (Wildman–Crippen MR) is 146 cm³/mol. The molecule has 1 aliphatic rings. The van der Waals surface area contributed by atoms with Gasteiger partial charge in [0, 0.05) is 55.9 Å². The van der Waals surface area contributed by atoms with E-state index in [1.165, 1.54) is 11.1 Å². The number of para-hydroxylation sites is 1. The second-order valence-corrected chi connectivity index (χ2v) is 9.51. The van der Waals surface area contributed by atoms with Crippen molar-refractivity contribution in [3.05, 3.63) is 71.4 Å². The van der Waals surface area contributed by atoms with Gasteiger partial charge in [-0.1, -0.05) is 44.2 Å². The largest absolute Gasteiger partial charge is 0.360 e. The minimum atomic E-state index is -0.634. The van der Waals surface area contributed by atoms with Crippen LogP contribution >= 0.6 is 0 Å². The monoisotopic (exact) mass is 517 g/mol. The highest BCUT2D eigenvalue weighted by atomic mass is 16.2. The van der Waals surface area contributed by atoms with E-state index in [1.54, 1.807) is 35.2 Å². The molecule has 0 radical (unpaired) electrons. The molecule has 0 bridgehead atoms. The minimum absolute atomic E-state index is 0.0876. The molecular weight excluding hydrogens is 482 g/mol. The number of ketones is 1. The Balaban J connectivity index is 1.44. The topological polar surface area (TPSA) is 106 Å². The number of nitrogens with zero attached hydrogens (tertiary/aromatic N) is 3. The van der Waals surface area contributed by atoms with Crippen LogP contribution in [0.25, 0.3) is 10.9 Å². The van der Waals surface area contributed by atoms with Gasteiger partial charge in [0.2, 0.25) is 0 Å². The van der Waals surface area contributed by atoms with Crippen molar-refractivity contribution in [1.29, 1.82) is 0 Å². The molecule has 3 amide bonds. The van der Waals surface area contributed by atoms with Crippen LogP contribution in [0.4, 0.5) is 0 Å². The summed E-state index contributed by atoms with van der Waals surface area (Å²) in [6, 6.07) is 13.9. The summed E-state index contributed by atoms with van der Waals surface area (Å²) in [5.74, 6) is -1.57. The molecule has 1 saturated heterocycles. The number of rotatable bonds is 9. The average molecular weight is 518 g/mol. The molecule has 1 fully saturated rings. The summed E-state index contributed by atoms with van der Waals surface area (Å²) in [4.78, 5) is 60.7. The van der Waals surface area contributed by atoms with Gasteiger partial charge in [-0.15, -0.1) is 0 Å². The van der Waals surface area contributed by atoms with Gasteiger partial charge < -0.3 is 25.0 Å². The fourth-order valence-electron chi connectivity index (χ4n) is 4.95. The van der Waals surface area contributed by atoms with Crippen molar-refractivity contribution < 1.29 is 19.2 Å². The maximum atomic E-state index is 13.3. The second kappa shape index (κ2) is 12.0. The van der Waals surface area contributed by atoms with Crippen LogP contribution in [0.15, 0.2) is 54.7 Å². The number of H-pyrrole nitrogens is 1. The zero-order valence-electron chi connectivity index (χ0n) is 22.2. The van der Waals surface area contributed by atoms with Crippen LogP contribution in [-0.4, -0.2) is 95.0 Å². The Morgan fingerprint density at radius 3 is 2.39 bits per heavy atom. The van der Waals surface area contributed by atoms with Crippen LogP contribution in [0.5, 0.6) is 0 Å². The van der Waals surface area contributed by atoms with Crippen molar-refractivity contribution in [2.75, 3.05) is 45.8 Å². The number of likely N-dealkylation sites (N-methyl/N-ethyl adjacent to an activating group) is 1. The van der Waals surface area contributed by atoms with Crippen molar-refractivity contribution in [3.63, 3.8) is 0 Å². The van der Waals surface area contributed by atoms with Gasteiger partial charge in [0.25, 0.3) is 23.5 Å². The lowest BCUT2D eigenvalue weighted by molar-refractivity contribution is -0.130. The summed E-state index contributed by atoms with van der Waals surface area (Å²) < 4.78 is 0. The van der Waals surface area contributed by atoms with Crippen LogP contribution in [0.1, 0.15) is 51.8 Å². The standard InChI is InChI=1S/C29H35N5O4/c1-4-32(5-2)15-14-30-27(36)23-13-9-12-22-24(18-31-25(22)23)26(35)29(38)34-17-16-33(19-20(34)3)28(37)21-10-7-6-8-11-21/h6-13,18,20,31H,4-5,14-17,19H2,1-3H3,(H,30,36). The van der Waals surface area contributed by atoms with Gasteiger partial charge in [0.15, 0.2) is 0 Å². The number of benzene rings is 2. The highest BCUT2D eigenvalue weighted by molar-refractivity contribution is 6.45. The maximum absolute atomic E-state index is 13.3. The van der Waals surface area contributed by atoms with E-state index < -0.39 is 11.7 Å². The second-order valence-electron chi connectivity index (χ2n) is 9.51. The number of aromatic nitrogens is 1. The highest BCUT2D eigenvalue weighted by Gasteiger charge is 2.34. The lowest BCUT2D eigenvalue weighted by Crippen LogP contribution is -2.56. The molecule has 1 aliphatic heterocycles. The smallest absolute Gasteiger partial charge is 0.295 e.